The SMILES string of the molecule is O=C(NCCn1cnccc1=O)Nc1ccc(Cl)cc1. The first-order valence-corrected chi connectivity index (χ1v) is 6.34. The van der Waals surface area contributed by atoms with Gasteiger partial charge in [-0.25, -0.2) is 9.78 Å². The molecule has 20 heavy (non-hydrogen) atoms. The van der Waals surface area contributed by atoms with E-state index >= 15 is 0 Å². The Morgan fingerprint density at radius 1 is 1.25 bits per heavy atom. The van der Waals surface area contributed by atoms with E-state index in [9.17, 15) is 9.59 Å². The van der Waals surface area contributed by atoms with Gasteiger partial charge >= 0.3 is 6.03 Å². The second-order valence-electron chi connectivity index (χ2n) is 4.00. The number of urea groups is 1. The lowest BCUT2D eigenvalue weighted by Crippen LogP contribution is -2.33. The average Bonchev–Trinajstić information content (AvgIpc) is 2.43. The largest absolute Gasteiger partial charge is 0.336 e. The summed E-state index contributed by atoms with van der Waals surface area (Å²) < 4.78 is 1.42. The van der Waals surface area contributed by atoms with Crippen LogP contribution in [0.1, 0.15) is 0 Å². The van der Waals surface area contributed by atoms with Gasteiger partial charge in [-0.3, -0.25) is 9.36 Å². The molecule has 0 spiro atoms. The van der Waals surface area contributed by atoms with Crippen LogP contribution in [0.5, 0.6) is 0 Å². The van der Waals surface area contributed by atoms with Crippen molar-refractivity contribution in [2.45, 2.75) is 6.54 Å². The molecule has 1 aromatic carbocycles. The van der Waals surface area contributed by atoms with Gasteiger partial charge in [0.25, 0.3) is 5.56 Å². The van der Waals surface area contributed by atoms with E-state index in [1.54, 1.807) is 24.3 Å². The van der Waals surface area contributed by atoms with Crippen LogP contribution in [0.25, 0.3) is 0 Å². The number of hydrogen-bond acceptors (Lipinski definition) is 3. The number of rotatable bonds is 4. The molecule has 0 saturated carbocycles. The molecule has 0 aliphatic heterocycles. The summed E-state index contributed by atoms with van der Waals surface area (Å²) in [4.78, 5) is 26.9. The minimum atomic E-state index is -0.343. The first-order chi connectivity index (χ1) is 9.65. The maximum absolute atomic E-state index is 11.6. The predicted molar refractivity (Wildman–Crippen MR) is 77.0 cm³/mol. The summed E-state index contributed by atoms with van der Waals surface area (Å²) in [5, 5.41) is 5.91. The highest BCUT2D eigenvalue weighted by atomic mass is 35.5. The first kappa shape index (κ1) is 14.1. The summed E-state index contributed by atoms with van der Waals surface area (Å²) >= 11 is 5.75. The molecule has 0 fully saturated rings. The van der Waals surface area contributed by atoms with Crippen molar-refractivity contribution in [1.82, 2.24) is 14.9 Å². The highest BCUT2D eigenvalue weighted by Gasteiger charge is 2.01. The molecule has 0 radical (unpaired) electrons. The number of carbonyl (C=O) groups excluding carboxylic acids is 1. The van der Waals surface area contributed by atoms with Gasteiger partial charge < -0.3 is 10.6 Å². The smallest absolute Gasteiger partial charge is 0.319 e. The molecule has 0 aliphatic rings. The molecular weight excluding hydrogens is 280 g/mol. The maximum atomic E-state index is 11.6. The summed E-state index contributed by atoms with van der Waals surface area (Å²) in [6, 6.07) is 7.80. The standard InChI is InChI=1S/C13H13ClN4O2/c14-10-1-3-11(4-2-10)17-13(20)16-7-8-18-9-15-6-5-12(18)19/h1-6,9H,7-8H2,(H2,16,17,20). The van der Waals surface area contributed by atoms with Crippen LogP contribution in [0, 0.1) is 0 Å². The number of anilines is 1. The van der Waals surface area contributed by atoms with Gasteiger partial charge in [-0.05, 0) is 24.3 Å². The zero-order valence-electron chi connectivity index (χ0n) is 10.5. The molecule has 6 nitrogen and oxygen atoms in total. The number of aromatic nitrogens is 2. The Hall–Kier alpha value is -2.34. The topological polar surface area (TPSA) is 76.0 Å². The Bertz CT molecular complexity index is 639. The van der Waals surface area contributed by atoms with Gasteiger partial charge in [-0.15, -0.1) is 0 Å². The summed E-state index contributed by atoms with van der Waals surface area (Å²) in [7, 11) is 0. The lowest BCUT2D eigenvalue weighted by atomic mass is 10.3. The average molecular weight is 293 g/mol. The summed E-state index contributed by atoms with van der Waals surface area (Å²) in [6.07, 6.45) is 2.86. The lowest BCUT2D eigenvalue weighted by molar-refractivity contribution is 0.251. The normalized spacial score (nSPS) is 10.1. The fraction of sp³-hybridized carbons (Fsp3) is 0.154. The summed E-state index contributed by atoms with van der Waals surface area (Å²) in [6.45, 7) is 0.686. The van der Waals surface area contributed by atoms with Gasteiger partial charge in [-0.1, -0.05) is 11.6 Å². The molecule has 0 bridgehead atoms. The fourth-order valence-corrected chi connectivity index (χ4v) is 1.67. The van der Waals surface area contributed by atoms with Crippen molar-refractivity contribution in [3.05, 3.63) is 58.2 Å². The Kier molecular flexibility index (Phi) is 4.73. The van der Waals surface area contributed by atoms with Crippen molar-refractivity contribution in [3.63, 3.8) is 0 Å². The van der Waals surface area contributed by atoms with E-state index in [2.05, 4.69) is 15.6 Å². The van der Waals surface area contributed by atoms with Crippen LogP contribution < -0.4 is 16.2 Å². The van der Waals surface area contributed by atoms with E-state index in [0.29, 0.717) is 23.8 Å². The van der Waals surface area contributed by atoms with Gasteiger partial charge in [0.2, 0.25) is 0 Å². The Balaban J connectivity index is 1.80. The van der Waals surface area contributed by atoms with Crippen molar-refractivity contribution in [2.24, 2.45) is 0 Å². The minimum absolute atomic E-state index is 0.153. The van der Waals surface area contributed by atoms with Gasteiger partial charge in [0, 0.05) is 36.1 Å². The molecule has 0 aliphatic carbocycles. The van der Waals surface area contributed by atoms with E-state index in [1.807, 2.05) is 0 Å². The van der Waals surface area contributed by atoms with Crippen LogP contribution >= 0.6 is 11.6 Å². The van der Waals surface area contributed by atoms with Gasteiger partial charge in [0.05, 0.1) is 6.33 Å². The van der Waals surface area contributed by atoms with Crippen LogP contribution in [-0.4, -0.2) is 22.1 Å². The summed E-state index contributed by atoms with van der Waals surface area (Å²) in [5.41, 5.74) is 0.491. The zero-order chi connectivity index (χ0) is 14.4. The number of hydrogen-bond donors (Lipinski definition) is 2. The molecule has 2 amide bonds. The Morgan fingerprint density at radius 3 is 2.70 bits per heavy atom. The van der Waals surface area contributed by atoms with E-state index in [-0.39, 0.29) is 11.6 Å². The van der Waals surface area contributed by atoms with Crippen molar-refractivity contribution in [3.8, 4) is 0 Å². The highest BCUT2D eigenvalue weighted by molar-refractivity contribution is 6.30. The molecule has 2 rings (SSSR count). The highest BCUT2D eigenvalue weighted by Crippen LogP contribution is 2.12. The van der Waals surface area contributed by atoms with Gasteiger partial charge in [-0.2, -0.15) is 0 Å². The molecule has 0 unspecified atom stereocenters. The molecule has 7 heteroatoms. The van der Waals surface area contributed by atoms with E-state index in [0.717, 1.165) is 0 Å². The first-order valence-electron chi connectivity index (χ1n) is 5.96. The maximum Gasteiger partial charge on any atom is 0.319 e. The minimum Gasteiger partial charge on any atom is -0.336 e. The monoisotopic (exact) mass is 292 g/mol. The third-order valence-electron chi connectivity index (χ3n) is 2.53. The van der Waals surface area contributed by atoms with Crippen LogP contribution in [0.4, 0.5) is 10.5 Å². The number of carbonyl (C=O) groups is 1. The number of benzene rings is 1. The van der Waals surface area contributed by atoms with Crippen LogP contribution in [-0.2, 0) is 6.54 Å². The van der Waals surface area contributed by atoms with E-state index < -0.39 is 0 Å². The van der Waals surface area contributed by atoms with Crippen molar-refractivity contribution in [2.75, 3.05) is 11.9 Å². The van der Waals surface area contributed by atoms with Crippen molar-refractivity contribution >= 4 is 23.3 Å². The number of halogens is 1. The van der Waals surface area contributed by atoms with Gasteiger partial charge in [0.1, 0.15) is 0 Å². The molecular formula is C13H13ClN4O2. The molecule has 2 aromatic rings. The molecule has 0 atom stereocenters. The summed E-state index contributed by atoms with van der Waals surface area (Å²) in [5.74, 6) is 0. The molecule has 2 N–H and O–H groups in total. The second-order valence-corrected chi connectivity index (χ2v) is 4.44. The molecule has 0 saturated heterocycles. The third kappa shape index (κ3) is 4.10. The van der Waals surface area contributed by atoms with Crippen molar-refractivity contribution in [1.29, 1.82) is 0 Å². The van der Waals surface area contributed by atoms with Crippen molar-refractivity contribution < 1.29 is 4.79 Å². The van der Waals surface area contributed by atoms with Crippen LogP contribution in [0.3, 0.4) is 0 Å². The number of nitrogens with zero attached hydrogens (tertiary/aromatic N) is 2. The second kappa shape index (κ2) is 6.72. The number of nitrogens with one attached hydrogen (secondary N) is 2. The number of amides is 2. The quantitative estimate of drug-likeness (QED) is 0.901. The van der Waals surface area contributed by atoms with E-state index in [1.165, 1.54) is 23.2 Å². The molecule has 104 valence electrons. The van der Waals surface area contributed by atoms with E-state index in [4.69, 9.17) is 11.6 Å². The molecule has 1 heterocycles. The van der Waals surface area contributed by atoms with Crippen LogP contribution in [0.2, 0.25) is 5.02 Å². The predicted octanol–water partition coefficient (Wildman–Crippen LogP) is 1.72. The third-order valence-corrected chi connectivity index (χ3v) is 2.78. The molecule has 1 aromatic heterocycles. The van der Waals surface area contributed by atoms with Gasteiger partial charge in [0.15, 0.2) is 0 Å². The fourth-order valence-electron chi connectivity index (χ4n) is 1.54. The lowest BCUT2D eigenvalue weighted by Gasteiger charge is -2.08. The zero-order valence-corrected chi connectivity index (χ0v) is 11.3. The Morgan fingerprint density at radius 2 is 2.00 bits per heavy atom. The van der Waals surface area contributed by atoms with Crippen LogP contribution in [0.15, 0.2) is 47.7 Å². The Labute approximate surface area is 120 Å².